The summed E-state index contributed by atoms with van der Waals surface area (Å²) in [5.41, 5.74) is 1.12. The number of hydrogen-bond donors (Lipinski definition) is 0. The number of fused-ring (bicyclic) bond motifs is 1. The zero-order valence-electron chi connectivity index (χ0n) is 5.29. The molecule has 0 aromatic carbocycles. The molecule has 2 heterocycles. The summed E-state index contributed by atoms with van der Waals surface area (Å²) in [6, 6.07) is 0. The molecule has 2 rings (SSSR count). The summed E-state index contributed by atoms with van der Waals surface area (Å²) in [6.07, 6.45) is 4.51. The Kier molecular flexibility index (Phi) is 1.48. The summed E-state index contributed by atoms with van der Waals surface area (Å²) in [7, 11) is 0. The van der Waals surface area contributed by atoms with Crippen LogP contribution in [0.4, 0.5) is 5.82 Å². The molecule has 0 spiro atoms. The summed E-state index contributed by atoms with van der Waals surface area (Å²) >= 11 is 2.25. The monoisotopic (exact) mass is 247 g/mol. The van der Waals surface area contributed by atoms with Crippen LogP contribution in [-0.2, 0) is 6.42 Å². The molecule has 0 amide bonds. The standard InChI is InChI=1S/C6H6IN3/c7-10-4-1-5-6(10)9-3-2-8-5/h2-3H,1,4H2. The maximum absolute atomic E-state index is 4.20. The lowest BCUT2D eigenvalue weighted by atomic mass is 10.4. The molecule has 10 heavy (non-hydrogen) atoms. The number of nitrogens with zero attached hydrogens (tertiary/aromatic N) is 3. The highest BCUT2D eigenvalue weighted by atomic mass is 127. The van der Waals surface area contributed by atoms with Gasteiger partial charge in [0.2, 0.25) is 0 Å². The molecule has 0 atom stereocenters. The normalized spacial score (nSPS) is 15.5. The lowest BCUT2D eigenvalue weighted by molar-refractivity contribution is 1.02. The Bertz CT molecular complexity index is 251. The topological polar surface area (TPSA) is 29.0 Å². The minimum absolute atomic E-state index is 1.03. The summed E-state index contributed by atoms with van der Waals surface area (Å²) < 4.78 is 2.10. The van der Waals surface area contributed by atoms with Gasteiger partial charge < -0.3 is 0 Å². The Balaban J connectivity index is 2.51. The quantitative estimate of drug-likeness (QED) is 0.509. The van der Waals surface area contributed by atoms with Gasteiger partial charge in [-0.05, 0) is 0 Å². The van der Waals surface area contributed by atoms with Gasteiger partial charge >= 0.3 is 0 Å². The molecule has 1 aliphatic heterocycles. The van der Waals surface area contributed by atoms with E-state index in [0.29, 0.717) is 0 Å². The first-order valence-electron chi connectivity index (χ1n) is 3.11. The fraction of sp³-hybridized carbons (Fsp3) is 0.333. The van der Waals surface area contributed by atoms with Crippen molar-refractivity contribution < 1.29 is 0 Å². The van der Waals surface area contributed by atoms with Gasteiger partial charge in [0.15, 0.2) is 5.82 Å². The average molecular weight is 247 g/mol. The molecule has 0 bridgehead atoms. The average Bonchev–Trinajstić information content (AvgIpc) is 2.34. The van der Waals surface area contributed by atoms with Crippen molar-refractivity contribution in [1.29, 1.82) is 0 Å². The molecule has 3 nitrogen and oxygen atoms in total. The first kappa shape index (κ1) is 6.33. The van der Waals surface area contributed by atoms with Crippen LogP contribution >= 0.6 is 22.9 Å². The van der Waals surface area contributed by atoms with Gasteiger partial charge in [-0.3, -0.25) is 8.10 Å². The molecule has 0 saturated heterocycles. The Labute approximate surface area is 73.0 Å². The van der Waals surface area contributed by atoms with Crippen molar-refractivity contribution in [2.45, 2.75) is 6.42 Å². The van der Waals surface area contributed by atoms with E-state index in [1.54, 1.807) is 12.4 Å². The number of halogens is 1. The number of aromatic nitrogens is 2. The largest absolute Gasteiger partial charge is 0.297 e. The van der Waals surface area contributed by atoms with Crippen LogP contribution in [0, 0.1) is 0 Å². The molecule has 1 aliphatic rings. The highest BCUT2D eigenvalue weighted by molar-refractivity contribution is 14.1. The van der Waals surface area contributed by atoms with E-state index in [4.69, 9.17) is 0 Å². The van der Waals surface area contributed by atoms with Crippen LogP contribution in [0.25, 0.3) is 0 Å². The number of hydrogen-bond acceptors (Lipinski definition) is 3. The van der Waals surface area contributed by atoms with E-state index in [9.17, 15) is 0 Å². The van der Waals surface area contributed by atoms with Crippen molar-refractivity contribution in [2.24, 2.45) is 0 Å². The summed E-state index contributed by atoms with van der Waals surface area (Å²) in [5, 5.41) is 0. The third-order valence-corrected chi connectivity index (χ3v) is 2.47. The van der Waals surface area contributed by atoms with Crippen LogP contribution in [0.5, 0.6) is 0 Å². The van der Waals surface area contributed by atoms with Crippen LogP contribution in [-0.4, -0.2) is 16.5 Å². The van der Waals surface area contributed by atoms with Gasteiger partial charge in [-0.25, -0.2) is 4.98 Å². The minimum Gasteiger partial charge on any atom is -0.297 e. The third kappa shape index (κ3) is 0.865. The smallest absolute Gasteiger partial charge is 0.159 e. The molecule has 0 aliphatic carbocycles. The number of rotatable bonds is 0. The van der Waals surface area contributed by atoms with Gasteiger partial charge in [-0.2, -0.15) is 0 Å². The van der Waals surface area contributed by atoms with Gasteiger partial charge in [-0.15, -0.1) is 0 Å². The second-order valence-electron chi connectivity index (χ2n) is 2.16. The maximum Gasteiger partial charge on any atom is 0.159 e. The first-order valence-corrected chi connectivity index (χ1v) is 4.07. The molecule has 0 unspecified atom stereocenters. The Hall–Kier alpha value is -0.390. The summed E-state index contributed by atoms with van der Waals surface area (Å²) in [5.74, 6) is 1.03. The van der Waals surface area contributed by atoms with E-state index in [1.807, 2.05) is 0 Å². The van der Waals surface area contributed by atoms with E-state index in [0.717, 1.165) is 24.5 Å². The first-order chi connectivity index (χ1) is 4.88. The van der Waals surface area contributed by atoms with Crippen molar-refractivity contribution in [3.63, 3.8) is 0 Å². The van der Waals surface area contributed by atoms with E-state index < -0.39 is 0 Å². The summed E-state index contributed by atoms with van der Waals surface area (Å²) in [6.45, 7) is 1.04. The van der Waals surface area contributed by atoms with Gasteiger partial charge in [0.1, 0.15) is 0 Å². The van der Waals surface area contributed by atoms with Crippen LogP contribution in [0.2, 0.25) is 0 Å². The maximum atomic E-state index is 4.20. The SMILES string of the molecule is IN1CCc2nccnc21. The Morgan fingerprint density at radius 1 is 1.40 bits per heavy atom. The fourth-order valence-corrected chi connectivity index (χ4v) is 1.69. The van der Waals surface area contributed by atoms with Gasteiger partial charge in [-0.1, -0.05) is 0 Å². The zero-order chi connectivity index (χ0) is 6.97. The van der Waals surface area contributed by atoms with Crippen molar-refractivity contribution in [3.8, 4) is 0 Å². The predicted molar refractivity (Wildman–Crippen MR) is 47.1 cm³/mol. The third-order valence-electron chi connectivity index (χ3n) is 1.53. The molecule has 0 N–H and O–H groups in total. The second kappa shape index (κ2) is 2.34. The Morgan fingerprint density at radius 2 is 2.20 bits per heavy atom. The van der Waals surface area contributed by atoms with Crippen molar-refractivity contribution in [1.82, 2.24) is 9.97 Å². The molecule has 0 radical (unpaired) electrons. The van der Waals surface area contributed by atoms with E-state index in [2.05, 4.69) is 35.9 Å². The summed E-state index contributed by atoms with van der Waals surface area (Å²) in [4.78, 5) is 8.40. The second-order valence-corrected chi connectivity index (χ2v) is 3.33. The lowest BCUT2D eigenvalue weighted by Crippen LogP contribution is -2.04. The van der Waals surface area contributed by atoms with Gasteiger partial charge in [0.25, 0.3) is 0 Å². The highest BCUT2D eigenvalue weighted by Gasteiger charge is 2.18. The van der Waals surface area contributed by atoms with Crippen LogP contribution in [0.3, 0.4) is 0 Å². The minimum atomic E-state index is 1.03. The van der Waals surface area contributed by atoms with Crippen LogP contribution in [0.15, 0.2) is 12.4 Å². The van der Waals surface area contributed by atoms with Crippen molar-refractivity contribution in [3.05, 3.63) is 18.1 Å². The molecular weight excluding hydrogens is 241 g/mol. The molecule has 0 fully saturated rings. The zero-order valence-corrected chi connectivity index (χ0v) is 7.45. The van der Waals surface area contributed by atoms with Crippen LogP contribution in [0.1, 0.15) is 5.69 Å². The molecular formula is C6H6IN3. The number of anilines is 1. The molecule has 52 valence electrons. The van der Waals surface area contributed by atoms with Crippen LogP contribution < -0.4 is 3.11 Å². The molecule has 1 aromatic rings. The molecule has 0 saturated carbocycles. The predicted octanol–water partition coefficient (Wildman–Crippen LogP) is 1.19. The van der Waals surface area contributed by atoms with Gasteiger partial charge in [0.05, 0.1) is 28.6 Å². The lowest BCUT2D eigenvalue weighted by Gasteiger charge is -2.04. The van der Waals surface area contributed by atoms with Crippen molar-refractivity contribution >= 4 is 28.7 Å². The fourth-order valence-electron chi connectivity index (χ4n) is 1.05. The highest BCUT2D eigenvalue weighted by Crippen LogP contribution is 2.25. The van der Waals surface area contributed by atoms with Gasteiger partial charge in [0, 0.05) is 25.4 Å². The van der Waals surface area contributed by atoms with Crippen molar-refractivity contribution in [2.75, 3.05) is 9.66 Å². The molecule has 1 aromatic heterocycles. The van der Waals surface area contributed by atoms with E-state index in [-0.39, 0.29) is 0 Å². The Morgan fingerprint density at radius 3 is 3.00 bits per heavy atom. The molecule has 4 heteroatoms. The van der Waals surface area contributed by atoms with E-state index >= 15 is 0 Å². The van der Waals surface area contributed by atoms with E-state index in [1.165, 1.54) is 0 Å².